The van der Waals surface area contributed by atoms with Crippen LogP contribution in [0.2, 0.25) is 0 Å². The minimum absolute atomic E-state index is 1.10. The average molecular weight is 124 g/mol. The molecule has 0 aromatic rings. The predicted molar refractivity (Wildman–Crippen MR) is 42.5 cm³/mol. The maximum atomic E-state index is 3.12. The second-order valence-corrected chi connectivity index (χ2v) is 2.13. The van der Waals surface area contributed by atoms with Crippen molar-refractivity contribution >= 4 is 0 Å². The Hall–Kier alpha value is -0.480. The summed E-state index contributed by atoms with van der Waals surface area (Å²) in [5, 5.41) is 0. The van der Waals surface area contributed by atoms with Crippen molar-refractivity contribution in [3.05, 3.63) is 17.9 Å². The minimum atomic E-state index is 1.10. The van der Waals surface area contributed by atoms with Gasteiger partial charge in [-0.15, -0.1) is 5.73 Å². The lowest BCUT2D eigenvalue weighted by Gasteiger charge is -1.82. The van der Waals surface area contributed by atoms with Crippen LogP contribution >= 0.6 is 0 Å². The van der Waals surface area contributed by atoms with Crippen molar-refractivity contribution in [1.82, 2.24) is 0 Å². The summed E-state index contributed by atoms with van der Waals surface area (Å²) in [7, 11) is 0. The van der Waals surface area contributed by atoms with E-state index in [9.17, 15) is 0 Å². The molecule has 0 heteroatoms. The van der Waals surface area contributed by atoms with Crippen LogP contribution < -0.4 is 0 Å². The van der Waals surface area contributed by atoms with E-state index in [4.69, 9.17) is 0 Å². The maximum absolute atomic E-state index is 3.12. The maximum Gasteiger partial charge on any atom is -0.0275 e. The smallest absolute Gasteiger partial charge is 0.0275 e. The van der Waals surface area contributed by atoms with Gasteiger partial charge in [0.15, 0.2) is 0 Å². The van der Waals surface area contributed by atoms with Crippen LogP contribution in [0.4, 0.5) is 0 Å². The zero-order valence-corrected chi connectivity index (χ0v) is 6.48. The highest BCUT2D eigenvalue weighted by atomic mass is 13.8. The van der Waals surface area contributed by atoms with Gasteiger partial charge in [0.2, 0.25) is 0 Å². The third-order valence-electron chi connectivity index (χ3n) is 1.14. The van der Waals surface area contributed by atoms with Crippen LogP contribution in [0.5, 0.6) is 0 Å². The van der Waals surface area contributed by atoms with E-state index < -0.39 is 0 Å². The quantitative estimate of drug-likeness (QED) is 0.398. The highest BCUT2D eigenvalue weighted by Gasteiger charge is 1.73. The molecule has 0 atom stereocenters. The van der Waals surface area contributed by atoms with Gasteiger partial charge in [-0.2, -0.15) is 0 Å². The Kier molecular flexibility index (Phi) is 7.12. The van der Waals surface area contributed by atoms with E-state index in [0.29, 0.717) is 0 Å². The van der Waals surface area contributed by atoms with Gasteiger partial charge in [0.1, 0.15) is 0 Å². The van der Waals surface area contributed by atoms with Crippen LogP contribution in [0.25, 0.3) is 0 Å². The van der Waals surface area contributed by atoms with Gasteiger partial charge < -0.3 is 0 Å². The molecule has 0 rings (SSSR count). The fourth-order valence-electron chi connectivity index (χ4n) is 0.591. The van der Waals surface area contributed by atoms with Gasteiger partial charge in [-0.25, -0.2) is 0 Å². The van der Waals surface area contributed by atoms with E-state index in [1.54, 1.807) is 0 Å². The first-order valence-corrected chi connectivity index (χ1v) is 3.81. The number of hydrogen-bond donors (Lipinski definition) is 0. The van der Waals surface area contributed by atoms with Crippen LogP contribution in [0.1, 0.15) is 39.5 Å². The van der Waals surface area contributed by atoms with E-state index in [1.165, 1.54) is 19.3 Å². The van der Waals surface area contributed by atoms with Crippen molar-refractivity contribution in [2.45, 2.75) is 39.5 Å². The first-order valence-electron chi connectivity index (χ1n) is 3.81. The molecule has 0 fully saturated rings. The van der Waals surface area contributed by atoms with Gasteiger partial charge in [-0.05, 0) is 31.4 Å². The Labute approximate surface area is 58.3 Å². The highest BCUT2D eigenvalue weighted by Crippen LogP contribution is 1.93. The summed E-state index contributed by atoms with van der Waals surface area (Å²) in [6, 6.07) is 0. The van der Waals surface area contributed by atoms with E-state index in [-0.39, 0.29) is 0 Å². The van der Waals surface area contributed by atoms with Crippen molar-refractivity contribution in [2.24, 2.45) is 0 Å². The summed E-state index contributed by atoms with van der Waals surface area (Å²) in [4.78, 5) is 0. The Balaban J connectivity index is 3.13. The van der Waals surface area contributed by atoms with Crippen LogP contribution in [0.3, 0.4) is 0 Å². The molecule has 0 unspecified atom stereocenters. The summed E-state index contributed by atoms with van der Waals surface area (Å²) in [5.41, 5.74) is 3.12. The molecule has 0 N–H and O–H groups in total. The molecule has 0 aromatic heterocycles. The van der Waals surface area contributed by atoms with Gasteiger partial charge in [0.25, 0.3) is 0 Å². The molecule has 0 aliphatic rings. The van der Waals surface area contributed by atoms with Crippen molar-refractivity contribution in [2.75, 3.05) is 0 Å². The van der Waals surface area contributed by atoms with Gasteiger partial charge in [0.05, 0.1) is 0 Å². The molecule has 0 saturated carbocycles. The third-order valence-corrected chi connectivity index (χ3v) is 1.14. The zero-order valence-electron chi connectivity index (χ0n) is 6.48. The lowest BCUT2D eigenvalue weighted by molar-refractivity contribution is 0.815. The first-order chi connectivity index (χ1) is 4.41. The average Bonchev–Trinajstić information content (AvgIpc) is 1.89. The largest absolute Gasteiger partial charge is 0.130 e. The van der Waals surface area contributed by atoms with Crippen molar-refractivity contribution in [3.63, 3.8) is 0 Å². The van der Waals surface area contributed by atoms with Crippen molar-refractivity contribution in [3.8, 4) is 0 Å². The number of hydrogen-bond acceptors (Lipinski definition) is 0. The second kappa shape index (κ2) is 7.52. The van der Waals surface area contributed by atoms with E-state index >= 15 is 0 Å². The van der Waals surface area contributed by atoms with Gasteiger partial charge >= 0.3 is 0 Å². The van der Waals surface area contributed by atoms with Crippen LogP contribution in [-0.2, 0) is 0 Å². The lowest BCUT2D eigenvalue weighted by Crippen LogP contribution is -1.63. The number of rotatable bonds is 4. The molecule has 52 valence electrons. The first kappa shape index (κ1) is 8.52. The summed E-state index contributed by atoms with van der Waals surface area (Å²) < 4.78 is 0. The normalized spacial score (nSPS) is 8.22. The van der Waals surface area contributed by atoms with Gasteiger partial charge in [0, 0.05) is 0 Å². The molecule has 0 bridgehead atoms. The van der Waals surface area contributed by atoms with Crippen LogP contribution in [-0.4, -0.2) is 0 Å². The fraction of sp³-hybridized carbons (Fsp3) is 0.667. The topological polar surface area (TPSA) is 0 Å². The molecule has 0 amide bonds. The Morgan fingerprint density at radius 2 is 2.00 bits per heavy atom. The Morgan fingerprint density at radius 1 is 1.22 bits per heavy atom. The molecule has 0 radical (unpaired) electrons. The van der Waals surface area contributed by atoms with E-state index in [1.807, 2.05) is 0 Å². The van der Waals surface area contributed by atoms with Crippen molar-refractivity contribution < 1.29 is 0 Å². The summed E-state index contributed by atoms with van der Waals surface area (Å²) in [6.07, 6.45) is 9.05. The number of allylic oxidation sites excluding steroid dienone is 1. The van der Waals surface area contributed by atoms with Crippen LogP contribution in [0.15, 0.2) is 17.9 Å². The van der Waals surface area contributed by atoms with E-state index in [2.05, 4.69) is 31.7 Å². The monoisotopic (exact) mass is 124 g/mol. The summed E-state index contributed by atoms with van der Waals surface area (Å²) in [5.74, 6) is 0. The summed E-state index contributed by atoms with van der Waals surface area (Å²) in [6.45, 7) is 4.33. The van der Waals surface area contributed by atoms with Gasteiger partial charge in [-0.1, -0.05) is 20.3 Å². The highest BCUT2D eigenvalue weighted by molar-refractivity contribution is 4.83. The zero-order chi connectivity index (χ0) is 6.95. The molecule has 0 heterocycles. The molecule has 0 saturated heterocycles. The Morgan fingerprint density at radius 3 is 2.56 bits per heavy atom. The number of unbranched alkanes of at least 4 members (excludes halogenated alkanes) is 2. The Bertz CT molecular complexity index is 94.6. The molecular formula is C9H16. The van der Waals surface area contributed by atoms with E-state index in [0.717, 1.165) is 6.42 Å². The van der Waals surface area contributed by atoms with Gasteiger partial charge in [-0.3, -0.25) is 0 Å². The molecule has 0 aromatic carbocycles. The molecule has 0 aliphatic heterocycles. The molecule has 0 nitrogen and oxygen atoms in total. The lowest BCUT2D eigenvalue weighted by atomic mass is 10.2. The SMILES string of the molecule is CCC=C=CCCCC. The molecule has 0 spiro atoms. The standard InChI is InChI=1S/C9H16/c1-3-5-7-9-8-6-4-2/h5,9H,3-4,6,8H2,1-2H3. The second-order valence-electron chi connectivity index (χ2n) is 2.13. The molecule has 0 aliphatic carbocycles. The summed E-state index contributed by atoms with van der Waals surface area (Å²) >= 11 is 0. The van der Waals surface area contributed by atoms with Crippen molar-refractivity contribution in [1.29, 1.82) is 0 Å². The molecule has 9 heavy (non-hydrogen) atoms. The molecular weight excluding hydrogens is 108 g/mol. The fourth-order valence-corrected chi connectivity index (χ4v) is 0.591. The van der Waals surface area contributed by atoms with Crippen LogP contribution in [0, 0.1) is 0 Å². The predicted octanol–water partition coefficient (Wildman–Crippen LogP) is 3.30. The minimum Gasteiger partial charge on any atom is -0.130 e. The third kappa shape index (κ3) is 7.52.